The Morgan fingerprint density at radius 1 is 0.960 bits per heavy atom. The molecule has 3 aliphatic rings. The zero-order valence-electron chi connectivity index (χ0n) is 28.3. The van der Waals surface area contributed by atoms with Gasteiger partial charge in [-0.1, -0.05) is 97.1 Å². The number of ether oxygens (including phenoxy) is 2. The van der Waals surface area contributed by atoms with Crippen molar-refractivity contribution in [2.24, 2.45) is 4.36 Å². The summed E-state index contributed by atoms with van der Waals surface area (Å²) in [4.78, 5) is 14.7. The van der Waals surface area contributed by atoms with Crippen molar-refractivity contribution in [1.82, 2.24) is 14.5 Å². The Kier molecular flexibility index (Phi) is 8.54. The summed E-state index contributed by atoms with van der Waals surface area (Å²) in [5, 5.41) is 7.73. The molecular weight excluding hydrogens is 647 g/mol. The van der Waals surface area contributed by atoms with E-state index in [1.807, 2.05) is 97.9 Å². The molecule has 0 fully saturated rings. The minimum atomic E-state index is -3.82. The van der Waals surface area contributed by atoms with Crippen LogP contribution < -0.4 is 14.8 Å². The molecule has 4 aromatic carbocycles. The Bertz CT molecular complexity index is 2060. The minimum absolute atomic E-state index is 0.161. The first-order valence-corrected chi connectivity index (χ1v) is 18.8. The van der Waals surface area contributed by atoms with Crippen molar-refractivity contribution in [1.29, 1.82) is 0 Å². The summed E-state index contributed by atoms with van der Waals surface area (Å²) in [7, 11) is -2.10. The second kappa shape index (κ2) is 13.2. The molecule has 2 N–H and O–H groups in total. The first kappa shape index (κ1) is 32.4. The molecule has 2 heterocycles. The molecule has 256 valence electrons. The molecule has 0 unspecified atom stereocenters. The highest BCUT2D eigenvalue weighted by Crippen LogP contribution is 2.45. The van der Waals surface area contributed by atoms with Gasteiger partial charge in [-0.25, -0.2) is 18.4 Å². The standard InChI is InChI=1S/C40H41N5O4S/c1-27-25-45-38(49-27)35(24-41-45)50(47,43-39(46)42-37-34-20-12-13-28(34)23-29-21-22-30(26-48-2)36(29)37)44-40(31-14-6-3-7-15-31,32-16-8-4-9-17-32)33-18-10-5-11-19-33/h3-11,14-19,23-24,27,30H,12-13,20-22,25-26H2,1-2H3,(H2,42,43,44,46,47)/t27-,30+,50-/m1/s1. The average Bonchev–Trinajstić information content (AvgIpc) is 3.93. The zero-order valence-corrected chi connectivity index (χ0v) is 29.1. The van der Waals surface area contributed by atoms with Crippen LogP contribution in [-0.2, 0) is 46.0 Å². The maximum atomic E-state index is 16.0. The maximum absolute atomic E-state index is 16.0. The SMILES string of the molecule is COC[C@@H]1CCc2cc3c(c(NC(=O)N=[S@@](=O)(NC(c4ccccc4)(c4ccccc4)c4ccccc4)c4cnn5c4O[C@H](C)C5)c21)CCC3. The van der Waals surface area contributed by atoms with Crippen LogP contribution in [-0.4, -0.2) is 39.8 Å². The van der Waals surface area contributed by atoms with Crippen LogP contribution in [0, 0.1) is 0 Å². The molecule has 0 radical (unpaired) electrons. The highest BCUT2D eigenvalue weighted by atomic mass is 32.2. The van der Waals surface area contributed by atoms with Crippen molar-refractivity contribution in [3.63, 3.8) is 0 Å². The number of carbonyl (C=O) groups is 1. The molecule has 1 aliphatic heterocycles. The van der Waals surface area contributed by atoms with Crippen LogP contribution in [0.5, 0.6) is 5.88 Å². The fourth-order valence-electron chi connectivity index (χ4n) is 8.07. The summed E-state index contributed by atoms with van der Waals surface area (Å²) in [5.41, 5.74) is 6.88. The normalized spacial score (nSPS) is 18.8. The fraction of sp³-hybridized carbons (Fsp3) is 0.300. The molecule has 3 atom stereocenters. The Morgan fingerprint density at radius 3 is 2.22 bits per heavy atom. The van der Waals surface area contributed by atoms with Crippen molar-refractivity contribution in [3.05, 3.63) is 142 Å². The molecule has 1 aromatic heterocycles. The lowest BCUT2D eigenvalue weighted by atomic mass is 9.78. The van der Waals surface area contributed by atoms with Crippen molar-refractivity contribution in [2.75, 3.05) is 19.0 Å². The summed E-state index contributed by atoms with van der Waals surface area (Å²) in [5.74, 6) is 0.505. The molecule has 9 nitrogen and oxygen atoms in total. The third-order valence-corrected chi connectivity index (χ3v) is 12.1. The Labute approximate surface area is 293 Å². The van der Waals surface area contributed by atoms with Gasteiger partial charge in [-0.15, -0.1) is 4.36 Å². The van der Waals surface area contributed by atoms with Crippen molar-refractivity contribution < 1.29 is 18.5 Å². The highest BCUT2D eigenvalue weighted by molar-refractivity contribution is 7.92. The lowest BCUT2D eigenvalue weighted by Crippen LogP contribution is -2.48. The number of fused-ring (bicyclic) bond motifs is 3. The Balaban J connectivity index is 1.33. The van der Waals surface area contributed by atoms with E-state index < -0.39 is 21.5 Å². The Hall–Kier alpha value is -4.77. The molecule has 0 bridgehead atoms. The van der Waals surface area contributed by atoms with Crippen molar-refractivity contribution in [2.45, 2.75) is 68.0 Å². The number of carbonyl (C=O) groups excluding carboxylic acids is 1. The first-order chi connectivity index (χ1) is 24.4. The van der Waals surface area contributed by atoms with Gasteiger partial charge in [-0.3, -0.25) is 0 Å². The van der Waals surface area contributed by atoms with Gasteiger partial charge in [-0.05, 0) is 78.0 Å². The van der Waals surface area contributed by atoms with Crippen LogP contribution in [0.2, 0.25) is 0 Å². The molecule has 50 heavy (non-hydrogen) atoms. The van der Waals surface area contributed by atoms with E-state index in [2.05, 4.69) is 25.6 Å². The lowest BCUT2D eigenvalue weighted by Gasteiger charge is -2.37. The lowest BCUT2D eigenvalue weighted by molar-refractivity contribution is 0.179. The molecule has 2 aliphatic carbocycles. The van der Waals surface area contributed by atoms with E-state index in [9.17, 15) is 4.79 Å². The average molecular weight is 688 g/mol. The van der Waals surface area contributed by atoms with E-state index in [-0.39, 0.29) is 16.9 Å². The number of nitrogens with zero attached hydrogens (tertiary/aromatic N) is 3. The number of anilines is 1. The highest BCUT2D eigenvalue weighted by Gasteiger charge is 2.42. The van der Waals surface area contributed by atoms with Crippen LogP contribution in [0.1, 0.15) is 64.6 Å². The predicted octanol–water partition coefficient (Wildman–Crippen LogP) is 7.38. The van der Waals surface area contributed by atoms with Gasteiger partial charge in [0.2, 0.25) is 5.88 Å². The number of aryl methyl sites for hydroxylation is 2. The smallest absolute Gasteiger partial charge is 0.354 e. The summed E-state index contributed by atoms with van der Waals surface area (Å²) < 4.78 is 37.7. The van der Waals surface area contributed by atoms with Gasteiger partial charge in [0.25, 0.3) is 0 Å². The second-order valence-electron chi connectivity index (χ2n) is 13.4. The third kappa shape index (κ3) is 5.61. The monoisotopic (exact) mass is 687 g/mol. The molecule has 2 amide bonds. The number of urea groups is 1. The van der Waals surface area contributed by atoms with Gasteiger partial charge in [0.05, 0.1) is 19.3 Å². The number of methoxy groups -OCH3 is 1. The topological polar surface area (TPSA) is 107 Å². The van der Waals surface area contributed by atoms with E-state index in [4.69, 9.17) is 9.47 Å². The molecule has 8 rings (SSSR count). The summed E-state index contributed by atoms with van der Waals surface area (Å²) >= 11 is 0. The summed E-state index contributed by atoms with van der Waals surface area (Å²) in [6, 6.07) is 31.2. The van der Waals surface area contributed by atoms with Gasteiger partial charge in [0.1, 0.15) is 16.5 Å². The van der Waals surface area contributed by atoms with E-state index in [1.165, 1.54) is 17.3 Å². The maximum Gasteiger partial charge on any atom is 0.354 e. The number of nitrogens with one attached hydrogen (secondary N) is 2. The molecular formula is C40H41N5O4S. The fourth-order valence-corrected chi connectivity index (χ4v) is 9.95. The largest absolute Gasteiger partial charge is 0.472 e. The zero-order chi connectivity index (χ0) is 34.3. The second-order valence-corrected chi connectivity index (χ2v) is 15.3. The number of benzene rings is 4. The van der Waals surface area contributed by atoms with Crippen LogP contribution in [0.25, 0.3) is 0 Å². The van der Waals surface area contributed by atoms with E-state index in [0.717, 1.165) is 65.6 Å². The predicted molar refractivity (Wildman–Crippen MR) is 194 cm³/mol. The molecule has 0 saturated heterocycles. The van der Waals surface area contributed by atoms with Gasteiger partial charge >= 0.3 is 6.03 Å². The molecule has 5 aromatic rings. The van der Waals surface area contributed by atoms with Crippen LogP contribution >= 0.6 is 0 Å². The summed E-state index contributed by atoms with van der Waals surface area (Å²) in [6.07, 6.45) is 6.10. The van der Waals surface area contributed by atoms with Crippen LogP contribution in [0.3, 0.4) is 0 Å². The van der Waals surface area contributed by atoms with Crippen LogP contribution in [0.4, 0.5) is 10.5 Å². The molecule has 10 heteroatoms. The van der Waals surface area contributed by atoms with Crippen molar-refractivity contribution >= 4 is 21.6 Å². The van der Waals surface area contributed by atoms with E-state index >= 15 is 4.21 Å². The van der Waals surface area contributed by atoms with Crippen LogP contribution in [0.15, 0.2) is 113 Å². The number of hydrogen-bond donors (Lipinski definition) is 2. The summed E-state index contributed by atoms with van der Waals surface area (Å²) in [6.45, 7) is 3.00. The minimum Gasteiger partial charge on any atom is -0.472 e. The van der Waals surface area contributed by atoms with E-state index in [0.29, 0.717) is 19.0 Å². The number of rotatable bonds is 9. The number of aromatic nitrogens is 2. The third-order valence-electron chi connectivity index (χ3n) is 10.2. The number of amides is 2. The first-order valence-electron chi connectivity index (χ1n) is 17.3. The quantitative estimate of drug-likeness (QED) is 0.157. The van der Waals surface area contributed by atoms with Gasteiger partial charge in [0.15, 0.2) is 9.92 Å². The molecule has 0 saturated carbocycles. The van der Waals surface area contributed by atoms with Crippen molar-refractivity contribution in [3.8, 4) is 5.88 Å². The van der Waals surface area contributed by atoms with Gasteiger partial charge < -0.3 is 14.8 Å². The van der Waals surface area contributed by atoms with Gasteiger partial charge in [0, 0.05) is 18.7 Å². The number of hydrogen-bond acceptors (Lipinski definition) is 5. The van der Waals surface area contributed by atoms with Gasteiger partial charge in [-0.2, -0.15) is 5.10 Å². The Morgan fingerprint density at radius 2 is 1.60 bits per heavy atom. The van der Waals surface area contributed by atoms with E-state index in [1.54, 1.807) is 11.8 Å². The molecule has 0 spiro atoms.